The van der Waals surface area contributed by atoms with Crippen LogP contribution >= 0.6 is 11.3 Å². The molecule has 0 bridgehead atoms. The summed E-state index contributed by atoms with van der Waals surface area (Å²) < 4.78 is 6.79. The molecule has 4 aromatic rings. The first-order valence-electron chi connectivity index (χ1n) is 9.94. The Morgan fingerprint density at radius 2 is 2.00 bits per heavy atom. The molecule has 1 aliphatic rings. The van der Waals surface area contributed by atoms with E-state index in [1.54, 1.807) is 25.1 Å². The molecule has 2 amide bonds. The van der Waals surface area contributed by atoms with E-state index >= 15 is 0 Å². The second-order valence-corrected chi connectivity index (χ2v) is 8.41. The zero-order chi connectivity index (χ0) is 22.2. The number of amides is 2. The van der Waals surface area contributed by atoms with Crippen molar-refractivity contribution in [3.63, 3.8) is 0 Å². The lowest BCUT2D eigenvalue weighted by atomic mass is 10.2. The maximum atomic E-state index is 12.9. The zero-order valence-corrected chi connectivity index (χ0v) is 17.8. The molecule has 0 saturated heterocycles. The van der Waals surface area contributed by atoms with E-state index in [1.807, 2.05) is 36.4 Å². The molecule has 9 heteroatoms. The van der Waals surface area contributed by atoms with Gasteiger partial charge in [0.2, 0.25) is 5.91 Å². The third kappa shape index (κ3) is 3.74. The Bertz CT molecular complexity index is 1410. The van der Waals surface area contributed by atoms with E-state index in [0.717, 1.165) is 10.4 Å². The van der Waals surface area contributed by atoms with E-state index in [1.165, 1.54) is 22.2 Å². The monoisotopic (exact) mass is 446 g/mol. The number of hydrogen-bond donors (Lipinski definition) is 2. The summed E-state index contributed by atoms with van der Waals surface area (Å²) in [5.41, 5.74) is 1.70. The number of nitrogens with one attached hydrogen (secondary N) is 2. The molecule has 3 heterocycles. The summed E-state index contributed by atoms with van der Waals surface area (Å²) in [5.74, 6) is -0.103. The fraction of sp³-hybridized carbons (Fsp3) is 0.130. The fourth-order valence-electron chi connectivity index (χ4n) is 3.46. The second kappa shape index (κ2) is 7.93. The van der Waals surface area contributed by atoms with E-state index in [0.29, 0.717) is 27.3 Å². The molecule has 32 heavy (non-hydrogen) atoms. The normalized spacial score (nSPS) is 15.0. The number of aromatic nitrogens is 2. The molecule has 0 fully saturated rings. The lowest BCUT2D eigenvalue weighted by Crippen LogP contribution is -2.34. The first kappa shape index (κ1) is 20.0. The van der Waals surface area contributed by atoms with Crippen molar-refractivity contribution in [3.05, 3.63) is 71.3 Å². The highest BCUT2D eigenvalue weighted by molar-refractivity contribution is 7.21. The van der Waals surface area contributed by atoms with Gasteiger partial charge < -0.3 is 15.4 Å². The minimum atomic E-state index is -0.572. The number of carbonyl (C=O) groups is 2. The van der Waals surface area contributed by atoms with Crippen molar-refractivity contribution in [3.8, 4) is 16.2 Å². The fourth-order valence-corrected chi connectivity index (χ4v) is 4.45. The summed E-state index contributed by atoms with van der Waals surface area (Å²) in [6.45, 7) is 1.47. The van der Waals surface area contributed by atoms with E-state index in [4.69, 9.17) is 4.74 Å². The Hall–Kier alpha value is -3.98. The standard InChI is InChI=1S/C23H18N4O4S/c1-13-21(29)26-17-9-15(7-8-18(17)31-13)25-20(28)11-27-12-24-22-16(23(27)30)10-19(32-22)14-5-3-2-4-6-14/h2-10,12-13H,11H2,1H3,(H,25,28)(H,26,29). The highest BCUT2D eigenvalue weighted by Crippen LogP contribution is 2.32. The van der Waals surface area contributed by atoms with Crippen LogP contribution in [0.15, 0.2) is 65.7 Å². The van der Waals surface area contributed by atoms with Gasteiger partial charge in [0.25, 0.3) is 11.5 Å². The largest absolute Gasteiger partial charge is 0.479 e. The van der Waals surface area contributed by atoms with Gasteiger partial charge >= 0.3 is 0 Å². The quantitative estimate of drug-likeness (QED) is 0.500. The Morgan fingerprint density at radius 3 is 2.81 bits per heavy atom. The summed E-state index contributed by atoms with van der Waals surface area (Å²) in [7, 11) is 0. The second-order valence-electron chi connectivity index (χ2n) is 7.38. The number of ether oxygens (including phenoxy) is 1. The first-order valence-corrected chi connectivity index (χ1v) is 10.8. The number of thiophene rings is 1. The molecule has 8 nitrogen and oxygen atoms in total. The van der Waals surface area contributed by atoms with Gasteiger partial charge in [0.1, 0.15) is 17.1 Å². The van der Waals surface area contributed by atoms with Crippen LogP contribution in [0, 0.1) is 0 Å². The van der Waals surface area contributed by atoms with Gasteiger partial charge in [-0.3, -0.25) is 19.0 Å². The highest BCUT2D eigenvalue weighted by atomic mass is 32.1. The predicted molar refractivity (Wildman–Crippen MR) is 123 cm³/mol. The molecule has 1 unspecified atom stereocenters. The van der Waals surface area contributed by atoms with Gasteiger partial charge in [-0.2, -0.15) is 0 Å². The molecule has 0 aliphatic carbocycles. The van der Waals surface area contributed by atoms with Crippen molar-refractivity contribution >= 4 is 44.7 Å². The molecule has 2 N–H and O–H groups in total. The SMILES string of the molecule is CC1Oc2ccc(NC(=O)Cn3cnc4sc(-c5ccccc5)cc4c3=O)cc2NC1=O. The van der Waals surface area contributed by atoms with Crippen LogP contribution in [0.5, 0.6) is 5.75 Å². The molecule has 2 aromatic heterocycles. The molecule has 160 valence electrons. The van der Waals surface area contributed by atoms with Crippen LogP contribution in [0.4, 0.5) is 11.4 Å². The van der Waals surface area contributed by atoms with Gasteiger partial charge in [0.05, 0.1) is 17.4 Å². The van der Waals surface area contributed by atoms with E-state index in [2.05, 4.69) is 15.6 Å². The van der Waals surface area contributed by atoms with Crippen LogP contribution in [0.3, 0.4) is 0 Å². The molecule has 2 aromatic carbocycles. The molecule has 1 aliphatic heterocycles. The van der Waals surface area contributed by atoms with Gasteiger partial charge in [-0.25, -0.2) is 4.98 Å². The number of carbonyl (C=O) groups excluding carboxylic acids is 2. The minimum absolute atomic E-state index is 0.185. The number of rotatable bonds is 4. The third-order valence-electron chi connectivity index (χ3n) is 5.08. The van der Waals surface area contributed by atoms with Crippen molar-refractivity contribution in [2.75, 3.05) is 10.6 Å². The minimum Gasteiger partial charge on any atom is -0.479 e. The average Bonchev–Trinajstić information content (AvgIpc) is 3.23. The van der Waals surface area contributed by atoms with Gasteiger partial charge in [0, 0.05) is 10.6 Å². The van der Waals surface area contributed by atoms with Crippen LogP contribution < -0.4 is 20.9 Å². The van der Waals surface area contributed by atoms with Crippen molar-refractivity contribution in [2.24, 2.45) is 0 Å². The van der Waals surface area contributed by atoms with Crippen molar-refractivity contribution in [1.82, 2.24) is 9.55 Å². The lowest BCUT2D eigenvalue weighted by molar-refractivity contribution is -0.122. The smallest absolute Gasteiger partial charge is 0.265 e. The summed E-state index contributed by atoms with van der Waals surface area (Å²) in [6, 6.07) is 16.5. The van der Waals surface area contributed by atoms with Crippen LogP contribution in [0.1, 0.15) is 6.92 Å². The molecule has 0 spiro atoms. The topological polar surface area (TPSA) is 102 Å². The van der Waals surface area contributed by atoms with E-state index in [9.17, 15) is 14.4 Å². The number of fused-ring (bicyclic) bond motifs is 2. The van der Waals surface area contributed by atoms with Crippen molar-refractivity contribution < 1.29 is 14.3 Å². The highest BCUT2D eigenvalue weighted by Gasteiger charge is 2.23. The van der Waals surface area contributed by atoms with Crippen molar-refractivity contribution in [1.29, 1.82) is 0 Å². The predicted octanol–water partition coefficient (Wildman–Crippen LogP) is 3.48. The van der Waals surface area contributed by atoms with Gasteiger partial charge in [-0.05, 0) is 36.8 Å². The van der Waals surface area contributed by atoms with Crippen LogP contribution in [-0.2, 0) is 16.1 Å². The number of hydrogen-bond acceptors (Lipinski definition) is 6. The van der Waals surface area contributed by atoms with Crippen LogP contribution in [-0.4, -0.2) is 27.5 Å². The van der Waals surface area contributed by atoms with Gasteiger partial charge in [-0.15, -0.1) is 11.3 Å². The maximum Gasteiger partial charge on any atom is 0.265 e. The third-order valence-corrected chi connectivity index (χ3v) is 6.18. The van der Waals surface area contributed by atoms with Crippen LogP contribution in [0.25, 0.3) is 20.7 Å². The Balaban J connectivity index is 1.35. The zero-order valence-electron chi connectivity index (χ0n) is 17.0. The van der Waals surface area contributed by atoms with Gasteiger partial charge in [-0.1, -0.05) is 30.3 Å². The summed E-state index contributed by atoms with van der Waals surface area (Å²) in [6.07, 6.45) is 0.814. The average molecular weight is 446 g/mol. The Labute approximate surface area is 186 Å². The van der Waals surface area contributed by atoms with Crippen LogP contribution in [0.2, 0.25) is 0 Å². The molecule has 1 atom stereocenters. The molecule has 0 saturated carbocycles. The summed E-state index contributed by atoms with van der Waals surface area (Å²) in [5, 5.41) is 5.96. The first-order chi connectivity index (χ1) is 15.5. The number of nitrogens with zero attached hydrogens (tertiary/aromatic N) is 2. The maximum absolute atomic E-state index is 12.9. The van der Waals surface area contributed by atoms with E-state index in [-0.39, 0.29) is 23.9 Å². The van der Waals surface area contributed by atoms with Crippen molar-refractivity contribution in [2.45, 2.75) is 19.6 Å². The Kier molecular flexibility index (Phi) is 4.95. The molecule has 5 rings (SSSR count). The number of anilines is 2. The lowest BCUT2D eigenvalue weighted by Gasteiger charge is -2.23. The molecular formula is C23H18N4O4S. The summed E-state index contributed by atoms with van der Waals surface area (Å²) >= 11 is 1.44. The van der Waals surface area contributed by atoms with Gasteiger partial charge in [0.15, 0.2) is 6.10 Å². The molecular weight excluding hydrogens is 428 g/mol. The van der Waals surface area contributed by atoms with E-state index < -0.39 is 6.10 Å². The Morgan fingerprint density at radius 1 is 1.19 bits per heavy atom. The number of benzene rings is 2. The molecule has 0 radical (unpaired) electrons. The summed E-state index contributed by atoms with van der Waals surface area (Å²) in [4.78, 5) is 43.2.